The second-order valence-corrected chi connectivity index (χ2v) is 3.83. The minimum Gasteiger partial charge on any atom is -0.472 e. The van der Waals surface area contributed by atoms with Gasteiger partial charge in [-0.2, -0.15) is 0 Å². The predicted molar refractivity (Wildman–Crippen MR) is 63.1 cm³/mol. The van der Waals surface area contributed by atoms with Crippen molar-refractivity contribution >= 4 is 5.97 Å². The Kier molecular flexibility index (Phi) is 4.10. The van der Waals surface area contributed by atoms with Gasteiger partial charge in [0.05, 0.1) is 0 Å². The molecule has 1 aromatic rings. The number of nitrogens with zero attached hydrogens (tertiary/aromatic N) is 2. The van der Waals surface area contributed by atoms with E-state index in [9.17, 15) is 4.79 Å². The molecule has 2 heterocycles. The number of nitrogens with one attached hydrogen (secondary N) is 1. The zero-order valence-corrected chi connectivity index (χ0v) is 9.72. The van der Waals surface area contributed by atoms with Crippen molar-refractivity contribution in [1.82, 2.24) is 15.3 Å². The Hall–Kier alpha value is -2.13. The molecule has 94 valence electrons. The summed E-state index contributed by atoms with van der Waals surface area (Å²) in [4.78, 5) is 18.4. The highest BCUT2D eigenvalue weighted by Crippen LogP contribution is 2.16. The lowest BCUT2D eigenvalue weighted by atomic mass is 10.1. The molecule has 1 aliphatic rings. The third kappa shape index (κ3) is 3.43. The number of aromatic nitrogens is 2. The Morgan fingerprint density at radius 3 is 2.83 bits per heavy atom. The molecule has 0 radical (unpaired) electrons. The molecule has 2 rings (SSSR count). The molecule has 18 heavy (non-hydrogen) atoms. The van der Waals surface area contributed by atoms with Crippen LogP contribution in [-0.4, -0.2) is 40.2 Å². The van der Waals surface area contributed by atoms with E-state index in [0.717, 1.165) is 25.9 Å². The van der Waals surface area contributed by atoms with Crippen molar-refractivity contribution in [1.29, 1.82) is 0 Å². The van der Waals surface area contributed by atoms with E-state index in [1.54, 1.807) is 0 Å². The lowest BCUT2D eigenvalue weighted by molar-refractivity contribution is -0.130. The summed E-state index contributed by atoms with van der Waals surface area (Å²) in [6.45, 7) is 1.81. The number of carboxylic acids is 1. The molecule has 1 saturated heterocycles. The molecule has 1 aliphatic heterocycles. The molecule has 0 saturated carbocycles. The third-order valence-electron chi connectivity index (χ3n) is 2.52. The van der Waals surface area contributed by atoms with E-state index in [2.05, 4.69) is 21.2 Å². The van der Waals surface area contributed by atoms with Crippen LogP contribution in [0.2, 0.25) is 0 Å². The molecule has 0 unspecified atom stereocenters. The topological polar surface area (TPSA) is 84.3 Å². The number of aliphatic carboxylic acids is 1. The van der Waals surface area contributed by atoms with Gasteiger partial charge in [-0.15, -0.1) is 0 Å². The maximum atomic E-state index is 10.4. The minimum atomic E-state index is -1.20. The third-order valence-corrected chi connectivity index (χ3v) is 2.52. The van der Waals surface area contributed by atoms with Gasteiger partial charge < -0.3 is 15.2 Å². The van der Waals surface area contributed by atoms with Crippen molar-refractivity contribution in [3.8, 4) is 17.7 Å². The van der Waals surface area contributed by atoms with Gasteiger partial charge in [-0.1, -0.05) is 0 Å². The van der Waals surface area contributed by atoms with E-state index in [0.29, 0.717) is 5.88 Å². The van der Waals surface area contributed by atoms with Crippen LogP contribution >= 0.6 is 0 Å². The molecule has 6 heteroatoms. The van der Waals surface area contributed by atoms with Crippen LogP contribution in [0.1, 0.15) is 18.5 Å². The molecule has 0 aromatic carbocycles. The Labute approximate surface area is 104 Å². The summed E-state index contributed by atoms with van der Waals surface area (Å²) in [6.07, 6.45) is 4.82. The van der Waals surface area contributed by atoms with Crippen LogP contribution in [0.4, 0.5) is 0 Å². The molecular weight excluding hydrogens is 234 g/mol. The van der Waals surface area contributed by atoms with Gasteiger partial charge in [0.15, 0.2) is 5.69 Å². The fourth-order valence-corrected chi connectivity index (χ4v) is 1.68. The minimum absolute atomic E-state index is 0.0772. The number of hydrogen-bond donors (Lipinski definition) is 2. The second kappa shape index (κ2) is 5.98. The molecular formula is C12H13N3O3. The molecule has 0 bridgehead atoms. The number of hydrogen-bond acceptors (Lipinski definition) is 5. The van der Waals surface area contributed by atoms with E-state index in [1.807, 2.05) is 5.92 Å². The smallest absolute Gasteiger partial charge is 0.382 e. The van der Waals surface area contributed by atoms with E-state index >= 15 is 0 Å². The summed E-state index contributed by atoms with van der Waals surface area (Å²) >= 11 is 0. The number of carbonyl (C=O) groups is 1. The van der Waals surface area contributed by atoms with Gasteiger partial charge in [0.2, 0.25) is 5.88 Å². The summed E-state index contributed by atoms with van der Waals surface area (Å²) in [5.41, 5.74) is 0.262. The maximum Gasteiger partial charge on any atom is 0.382 e. The average molecular weight is 247 g/mol. The number of carboxylic acid groups (broad SMARTS) is 1. The monoisotopic (exact) mass is 247 g/mol. The molecule has 0 amide bonds. The van der Waals surface area contributed by atoms with E-state index in [4.69, 9.17) is 9.84 Å². The van der Waals surface area contributed by atoms with Gasteiger partial charge in [0.25, 0.3) is 0 Å². The Balaban J connectivity index is 2.12. The van der Waals surface area contributed by atoms with Crippen molar-refractivity contribution in [2.24, 2.45) is 0 Å². The van der Waals surface area contributed by atoms with Crippen LogP contribution in [-0.2, 0) is 4.79 Å². The molecule has 1 fully saturated rings. The number of ether oxygens (including phenoxy) is 1. The summed E-state index contributed by atoms with van der Waals surface area (Å²) in [7, 11) is 0. The van der Waals surface area contributed by atoms with E-state index < -0.39 is 5.97 Å². The van der Waals surface area contributed by atoms with Crippen molar-refractivity contribution < 1.29 is 14.6 Å². The van der Waals surface area contributed by atoms with Gasteiger partial charge >= 0.3 is 5.97 Å². The van der Waals surface area contributed by atoms with Gasteiger partial charge in [0.1, 0.15) is 6.10 Å². The normalized spacial score (nSPS) is 15.6. The van der Waals surface area contributed by atoms with Crippen molar-refractivity contribution in [2.45, 2.75) is 18.9 Å². The SMILES string of the molecule is O=C(O)C#Cc1nccnc1OC1CCNCC1. The summed E-state index contributed by atoms with van der Waals surface area (Å²) in [6, 6.07) is 0. The first-order chi connectivity index (χ1) is 8.75. The zero-order valence-electron chi connectivity index (χ0n) is 9.72. The van der Waals surface area contributed by atoms with Crippen LogP contribution in [0.25, 0.3) is 0 Å². The van der Waals surface area contributed by atoms with Crippen molar-refractivity contribution in [3.05, 3.63) is 18.1 Å². The summed E-state index contributed by atoms with van der Waals surface area (Å²) in [5.74, 6) is 3.55. The fourth-order valence-electron chi connectivity index (χ4n) is 1.68. The lowest BCUT2D eigenvalue weighted by Crippen LogP contribution is -2.34. The largest absolute Gasteiger partial charge is 0.472 e. The van der Waals surface area contributed by atoms with Crippen molar-refractivity contribution in [2.75, 3.05) is 13.1 Å². The van der Waals surface area contributed by atoms with Crippen LogP contribution in [0, 0.1) is 11.8 Å². The van der Waals surface area contributed by atoms with Crippen LogP contribution in [0.3, 0.4) is 0 Å². The highest BCUT2D eigenvalue weighted by atomic mass is 16.5. The Morgan fingerprint density at radius 2 is 2.11 bits per heavy atom. The standard InChI is InChI=1S/C12H13N3O3/c16-11(17)2-1-10-12(15-8-7-14-10)18-9-3-5-13-6-4-9/h7-9,13H,3-6H2,(H,16,17). The summed E-state index contributed by atoms with van der Waals surface area (Å²) < 4.78 is 5.71. The Morgan fingerprint density at radius 1 is 1.39 bits per heavy atom. The van der Waals surface area contributed by atoms with E-state index in [-0.39, 0.29) is 11.8 Å². The molecule has 0 spiro atoms. The molecule has 1 aromatic heterocycles. The predicted octanol–water partition coefficient (Wildman–Crippen LogP) is 0.0435. The van der Waals surface area contributed by atoms with Gasteiger partial charge in [-0.3, -0.25) is 0 Å². The van der Waals surface area contributed by atoms with E-state index in [1.165, 1.54) is 12.4 Å². The van der Waals surface area contributed by atoms with Crippen LogP contribution in [0.15, 0.2) is 12.4 Å². The average Bonchev–Trinajstić information content (AvgIpc) is 2.39. The number of rotatable bonds is 2. The first-order valence-corrected chi connectivity index (χ1v) is 5.69. The second-order valence-electron chi connectivity index (χ2n) is 3.83. The lowest BCUT2D eigenvalue weighted by Gasteiger charge is -2.23. The summed E-state index contributed by atoms with van der Waals surface area (Å²) in [5, 5.41) is 11.7. The first-order valence-electron chi connectivity index (χ1n) is 5.69. The molecule has 0 atom stereocenters. The van der Waals surface area contributed by atoms with Gasteiger partial charge in [0, 0.05) is 18.3 Å². The Bertz CT molecular complexity index is 487. The van der Waals surface area contributed by atoms with Crippen LogP contribution < -0.4 is 10.1 Å². The molecule has 0 aliphatic carbocycles. The highest BCUT2D eigenvalue weighted by molar-refractivity contribution is 5.87. The molecule has 6 nitrogen and oxygen atoms in total. The number of piperidine rings is 1. The van der Waals surface area contributed by atoms with Crippen LogP contribution in [0.5, 0.6) is 5.88 Å². The van der Waals surface area contributed by atoms with Crippen molar-refractivity contribution in [3.63, 3.8) is 0 Å². The highest BCUT2D eigenvalue weighted by Gasteiger charge is 2.16. The zero-order chi connectivity index (χ0) is 12.8. The maximum absolute atomic E-state index is 10.4. The van der Waals surface area contributed by atoms with Gasteiger partial charge in [-0.25, -0.2) is 14.8 Å². The molecule has 2 N–H and O–H groups in total. The fraction of sp³-hybridized carbons (Fsp3) is 0.417. The van der Waals surface area contributed by atoms with Gasteiger partial charge in [-0.05, 0) is 31.9 Å². The quantitative estimate of drug-likeness (QED) is 0.718. The first kappa shape index (κ1) is 12.3.